The minimum Gasteiger partial charge on any atom is -0.335 e. The van der Waals surface area contributed by atoms with E-state index in [-0.39, 0.29) is 17.5 Å². The number of hydrogen-bond donors (Lipinski definition) is 1. The summed E-state index contributed by atoms with van der Waals surface area (Å²) < 4.78 is 1.54. The van der Waals surface area contributed by atoms with Gasteiger partial charge in [-0.25, -0.2) is 4.79 Å². The van der Waals surface area contributed by atoms with E-state index in [1.165, 1.54) is 0 Å². The highest BCUT2D eigenvalue weighted by Gasteiger charge is 2.26. The van der Waals surface area contributed by atoms with Crippen molar-refractivity contribution < 1.29 is 9.59 Å². The van der Waals surface area contributed by atoms with Crippen LogP contribution in [0, 0.1) is 6.92 Å². The average molecular weight is 459 g/mol. The summed E-state index contributed by atoms with van der Waals surface area (Å²) in [5.41, 5.74) is 2.22. The number of H-pyrrole nitrogens is 1. The third-order valence-electron chi connectivity index (χ3n) is 5.30. The Labute approximate surface area is 188 Å². The predicted octanol–water partition coefficient (Wildman–Crippen LogP) is 3.38. The van der Waals surface area contributed by atoms with Crippen molar-refractivity contribution >= 4 is 35.0 Å². The lowest BCUT2D eigenvalue weighted by atomic mass is 10.1. The quantitative estimate of drug-likeness (QED) is 0.653. The second-order valence-corrected chi connectivity index (χ2v) is 8.23. The van der Waals surface area contributed by atoms with Gasteiger partial charge in [-0.1, -0.05) is 23.2 Å². The summed E-state index contributed by atoms with van der Waals surface area (Å²) in [5, 5.41) is 0.815. The van der Waals surface area contributed by atoms with Gasteiger partial charge in [0.2, 0.25) is 0 Å². The van der Waals surface area contributed by atoms with Gasteiger partial charge in [-0.05, 0) is 49.4 Å². The normalized spacial score (nSPS) is 14.0. The highest BCUT2D eigenvalue weighted by atomic mass is 35.5. The molecule has 1 fully saturated rings. The second-order valence-electron chi connectivity index (χ2n) is 7.36. The fraction of sp³-hybridized carbons (Fsp3) is 0.227. The molecule has 1 aliphatic rings. The number of carbonyl (C=O) groups is 2. The molecule has 2 amide bonds. The Morgan fingerprint density at radius 3 is 1.84 bits per heavy atom. The van der Waals surface area contributed by atoms with E-state index < -0.39 is 0 Å². The molecule has 0 atom stereocenters. The molecular weight excluding hydrogens is 439 g/mol. The molecule has 31 heavy (non-hydrogen) atoms. The van der Waals surface area contributed by atoms with Crippen LogP contribution in [0.3, 0.4) is 0 Å². The number of rotatable bonds is 3. The lowest BCUT2D eigenvalue weighted by Crippen LogP contribution is -2.50. The van der Waals surface area contributed by atoms with Gasteiger partial charge < -0.3 is 14.8 Å². The molecule has 4 rings (SSSR count). The lowest BCUT2D eigenvalue weighted by Gasteiger charge is -2.35. The van der Waals surface area contributed by atoms with Crippen LogP contribution >= 0.6 is 23.2 Å². The Hall–Kier alpha value is -3.03. The fourth-order valence-electron chi connectivity index (χ4n) is 3.68. The van der Waals surface area contributed by atoms with Gasteiger partial charge in [0.15, 0.2) is 0 Å². The molecule has 3 aromatic rings. The van der Waals surface area contributed by atoms with Gasteiger partial charge in [0.25, 0.3) is 11.8 Å². The van der Waals surface area contributed by atoms with E-state index >= 15 is 0 Å². The van der Waals surface area contributed by atoms with E-state index in [1.807, 2.05) is 6.92 Å². The highest BCUT2D eigenvalue weighted by molar-refractivity contribution is 6.35. The van der Waals surface area contributed by atoms with Crippen molar-refractivity contribution in [2.24, 2.45) is 0 Å². The molecule has 160 valence electrons. The molecule has 0 unspecified atom stereocenters. The zero-order valence-electron chi connectivity index (χ0n) is 16.8. The number of imidazole rings is 1. The standard InChI is InChI=1S/C22H20Cl2N4O3/c1-14-13-25-22(31)28(14)19-4-2-15(3-5-19)20(29)26-6-8-27(9-7-26)21(30)16-10-17(23)12-18(24)11-16/h2-5,10-13H,6-9H2,1H3,(H,25,31). The second kappa shape index (κ2) is 8.61. The maximum atomic E-state index is 12.9. The van der Waals surface area contributed by atoms with E-state index in [0.29, 0.717) is 53.0 Å². The summed E-state index contributed by atoms with van der Waals surface area (Å²) in [6, 6.07) is 11.7. The van der Waals surface area contributed by atoms with Crippen LogP contribution in [0.5, 0.6) is 0 Å². The third kappa shape index (κ3) is 4.38. The lowest BCUT2D eigenvalue weighted by molar-refractivity contribution is 0.0535. The van der Waals surface area contributed by atoms with Crippen molar-refractivity contribution in [1.82, 2.24) is 19.4 Å². The molecule has 9 heteroatoms. The van der Waals surface area contributed by atoms with Gasteiger partial charge in [-0.2, -0.15) is 0 Å². The maximum Gasteiger partial charge on any atom is 0.330 e. The summed E-state index contributed by atoms with van der Waals surface area (Å²) in [6.07, 6.45) is 1.64. The number of carbonyl (C=O) groups excluding carboxylic acids is 2. The molecule has 1 saturated heterocycles. The van der Waals surface area contributed by atoms with Crippen molar-refractivity contribution in [3.8, 4) is 5.69 Å². The van der Waals surface area contributed by atoms with Gasteiger partial charge in [-0.3, -0.25) is 14.2 Å². The molecule has 7 nitrogen and oxygen atoms in total. The van der Waals surface area contributed by atoms with Crippen molar-refractivity contribution in [2.75, 3.05) is 26.2 Å². The van der Waals surface area contributed by atoms with Gasteiger partial charge >= 0.3 is 5.69 Å². The number of aromatic nitrogens is 2. The Balaban J connectivity index is 1.41. The molecule has 1 N–H and O–H groups in total. The van der Waals surface area contributed by atoms with Crippen LogP contribution in [-0.4, -0.2) is 57.3 Å². The summed E-state index contributed by atoms with van der Waals surface area (Å²) >= 11 is 12.0. The number of nitrogens with zero attached hydrogens (tertiary/aromatic N) is 3. The monoisotopic (exact) mass is 458 g/mol. The first kappa shape index (κ1) is 21.2. The van der Waals surface area contributed by atoms with Crippen LogP contribution in [0.25, 0.3) is 5.69 Å². The number of hydrogen-bond acceptors (Lipinski definition) is 3. The van der Waals surface area contributed by atoms with Crippen LogP contribution in [0.4, 0.5) is 0 Å². The minimum atomic E-state index is -0.224. The van der Waals surface area contributed by atoms with Gasteiger partial charge in [0.05, 0.1) is 5.69 Å². The summed E-state index contributed by atoms with van der Waals surface area (Å²) in [7, 11) is 0. The van der Waals surface area contributed by atoms with Crippen molar-refractivity contribution in [3.05, 3.63) is 86.0 Å². The molecule has 1 aromatic heterocycles. The zero-order valence-corrected chi connectivity index (χ0v) is 18.3. The number of halogens is 2. The maximum absolute atomic E-state index is 12.9. The molecule has 2 aromatic carbocycles. The Morgan fingerprint density at radius 2 is 1.35 bits per heavy atom. The van der Waals surface area contributed by atoms with E-state index in [4.69, 9.17) is 23.2 Å². The molecule has 0 radical (unpaired) electrons. The number of piperazine rings is 1. The molecule has 0 bridgehead atoms. The number of amides is 2. The summed E-state index contributed by atoms with van der Waals surface area (Å²) in [6.45, 7) is 3.53. The van der Waals surface area contributed by atoms with Gasteiger partial charge in [-0.15, -0.1) is 0 Å². The molecule has 2 heterocycles. The van der Waals surface area contributed by atoms with E-state index in [0.717, 1.165) is 5.69 Å². The molecule has 0 spiro atoms. The van der Waals surface area contributed by atoms with Crippen LogP contribution in [0.1, 0.15) is 26.4 Å². The number of aromatic amines is 1. The first-order valence-electron chi connectivity index (χ1n) is 9.75. The Morgan fingerprint density at radius 1 is 0.839 bits per heavy atom. The first-order chi connectivity index (χ1) is 14.8. The third-order valence-corrected chi connectivity index (χ3v) is 5.73. The topological polar surface area (TPSA) is 78.4 Å². The number of benzene rings is 2. The number of aryl methyl sites for hydroxylation is 1. The van der Waals surface area contributed by atoms with Crippen LogP contribution in [-0.2, 0) is 0 Å². The molecule has 1 aliphatic heterocycles. The molecule has 0 aliphatic carbocycles. The summed E-state index contributed by atoms with van der Waals surface area (Å²) in [5.74, 6) is -0.268. The highest BCUT2D eigenvalue weighted by Crippen LogP contribution is 2.21. The predicted molar refractivity (Wildman–Crippen MR) is 119 cm³/mol. The van der Waals surface area contributed by atoms with Gasteiger partial charge in [0.1, 0.15) is 0 Å². The van der Waals surface area contributed by atoms with Crippen molar-refractivity contribution in [2.45, 2.75) is 6.92 Å². The van der Waals surface area contributed by atoms with E-state index in [9.17, 15) is 14.4 Å². The Kier molecular flexibility index (Phi) is 5.89. The zero-order chi connectivity index (χ0) is 22.1. The largest absolute Gasteiger partial charge is 0.335 e. The Bertz CT molecular complexity index is 1170. The van der Waals surface area contributed by atoms with Crippen LogP contribution < -0.4 is 5.69 Å². The SMILES string of the molecule is Cc1c[nH]c(=O)n1-c1ccc(C(=O)N2CCN(C(=O)c3cc(Cl)cc(Cl)c3)CC2)cc1. The van der Waals surface area contributed by atoms with E-state index in [1.54, 1.807) is 63.0 Å². The van der Waals surface area contributed by atoms with Crippen LogP contribution in [0.15, 0.2) is 53.5 Å². The van der Waals surface area contributed by atoms with Crippen molar-refractivity contribution in [3.63, 3.8) is 0 Å². The first-order valence-corrected chi connectivity index (χ1v) is 10.5. The van der Waals surface area contributed by atoms with Gasteiger partial charge in [0, 0.05) is 59.2 Å². The number of nitrogens with one attached hydrogen (secondary N) is 1. The summed E-state index contributed by atoms with van der Waals surface area (Å²) in [4.78, 5) is 43.6. The smallest absolute Gasteiger partial charge is 0.330 e. The molecule has 0 saturated carbocycles. The minimum absolute atomic E-state index is 0.109. The van der Waals surface area contributed by atoms with Crippen LogP contribution in [0.2, 0.25) is 10.0 Å². The van der Waals surface area contributed by atoms with E-state index in [2.05, 4.69) is 4.98 Å². The fourth-order valence-corrected chi connectivity index (χ4v) is 4.21. The molecular formula is C22H20Cl2N4O3. The average Bonchev–Trinajstić information content (AvgIpc) is 3.10. The van der Waals surface area contributed by atoms with Crippen molar-refractivity contribution in [1.29, 1.82) is 0 Å².